The van der Waals surface area contributed by atoms with Gasteiger partial charge in [0.25, 0.3) is 0 Å². The summed E-state index contributed by atoms with van der Waals surface area (Å²) in [5.41, 5.74) is 2.53. The molecule has 3 heteroatoms. The van der Waals surface area contributed by atoms with E-state index in [-0.39, 0.29) is 5.82 Å². The molecular weight excluding hydrogens is 257 g/mol. The summed E-state index contributed by atoms with van der Waals surface area (Å²) >= 11 is 2.01. The van der Waals surface area contributed by atoms with E-state index in [1.165, 1.54) is 36.8 Å². The fraction of sp³-hybridized carbons (Fsp3) is 0.625. The molecule has 1 aromatic rings. The van der Waals surface area contributed by atoms with Gasteiger partial charge in [-0.3, -0.25) is 0 Å². The second-order valence-corrected chi connectivity index (χ2v) is 6.96. The van der Waals surface area contributed by atoms with E-state index in [9.17, 15) is 4.39 Å². The molecule has 0 spiro atoms. The smallest absolute Gasteiger partial charge is 0.123 e. The number of fused-ring (bicyclic) bond motifs is 1. The van der Waals surface area contributed by atoms with Crippen LogP contribution in [-0.4, -0.2) is 17.5 Å². The van der Waals surface area contributed by atoms with E-state index in [2.05, 4.69) is 11.6 Å². The number of aryl methyl sites for hydroxylation is 1. The van der Waals surface area contributed by atoms with E-state index >= 15 is 0 Å². The average Bonchev–Trinajstić information content (AvgIpc) is 2.81. The third kappa shape index (κ3) is 2.97. The topological polar surface area (TPSA) is 12.0 Å². The molecule has 3 atom stereocenters. The molecular formula is C16H22FNS. The second kappa shape index (κ2) is 5.84. The Morgan fingerprint density at radius 2 is 2.16 bits per heavy atom. The number of nitrogens with one attached hydrogen (secondary N) is 1. The Bertz CT molecular complexity index is 448. The van der Waals surface area contributed by atoms with Crippen LogP contribution in [0.3, 0.4) is 0 Å². The Balaban J connectivity index is 1.66. The van der Waals surface area contributed by atoms with Gasteiger partial charge in [-0.05, 0) is 61.6 Å². The fourth-order valence-electron chi connectivity index (χ4n) is 3.55. The molecule has 1 fully saturated rings. The number of benzene rings is 1. The van der Waals surface area contributed by atoms with Gasteiger partial charge in [0.05, 0.1) is 0 Å². The minimum absolute atomic E-state index is 0.0977. The first-order valence-electron chi connectivity index (χ1n) is 7.33. The molecule has 0 aromatic heterocycles. The zero-order valence-electron chi connectivity index (χ0n) is 11.5. The quantitative estimate of drug-likeness (QED) is 0.895. The first-order valence-corrected chi connectivity index (χ1v) is 8.62. The Morgan fingerprint density at radius 3 is 3.00 bits per heavy atom. The zero-order chi connectivity index (χ0) is 13.2. The molecule has 0 amide bonds. The molecule has 0 saturated heterocycles. The van der Waals surface area contributed by atoms with Gasteiger partial charge in [0.1, 0.15) is 5.82 Å². The third-order valence-corrected chi connectivity index (χ3v) is 5.67. The second-order valence-electron chi connectivity index (χ2n) is 5.82. The van der Waals surface area contributed by atoms with Crippen LogP contribution in [0.5, 0.6) is 0 Å². The van der Waals surface area contributed by atoms with E-state index < -0.39 is 0 Å². The Labute approximate surface area is 119 Å². The fourth-order valence-corrected chi connectivity index (χ4v) is 4.38. The van der Waals surface area contributed by atoms with Crippen LogP contribution in [0.2, 0.25) is 0 Å². The van der Waals surface area contributed by atoms with Crippen LogP contribution < -0.4 is 5.32 Å². The van der Waals surface area contributed by atoms with Gasteiger partial charge in [0, 0.05) is 17.3 Å². The van der Waals surface area contributed by atoms with Gasteiger partial charge in [-0.25, -0.2) is 4.39 Å². The highest BCUT2D eigenvalue weighted by Crippen LogP contribution is 2.34. The number of halogens is 1. The molecule has 1 aromatic carbocycles. The molecule has 0 heterocycles. The first-order chi connectivity index (χ1) is 9.26. The van der Waals surface area contributed by atoms with Crippen LogP contribution >= 0.6 is 11.8 Å². The molecule has 3 rings (SSSR count). The molecule has 19 heavy (non-hydrogen) atoms. The molecule has 2 aliphatic rings. The lowest BCUT2D eigenvalue weighted by molar-refractivity contribution is 0.343. The lowest BCUT2D eigenvalue weighted by atomic mass is 9.93. The van der Waals surface area contributed by atoms with Gasteiger partial charge in [-0.15, -0.1) is 0 Å². The van der Waals surface area contributed by atoms with Crippen LogP contribution in [-0.2, 0) is 6.42 Å². The van der Waals surface area contributed by atoms with Gasteiger partial charge in [0.15, 0.2) is 0 Å². The maximum Gasteiger partial charge on any atom is 0.123 e. The number of thioether (sulfide) groups is 1. The summed E-state index contributed by atoms with van der Waals surface area (Å²) in [6, 6.07) is 6.38. The standard InChI is InChI=1S/C16H22FNS/c1-19-14-4-2-3-13(10-14)18-16-8-5-11-9-12(17)6-7-15(11)16/h6-7,9,13-14,16,18H,2-5,8,10H2,1H3. The summed E-state index contributed by atoms with van der Waals surface area (Å²) < 4.78 is 13.2. The Hall–Kier alpha value is -0.540. The maximum atomic E-state index is 13.2. The van der Waals surface area contributed by atoms with Crippen LogP contribution in [0.4, 0.5) is 4.39 Å². The van der Waals surface area contributed by atoms with Crippen molar-refractivity contribution in [3.05, 3.63) is 35.1 Å². The van der Waals surface area contributed by atoms with Crippen LogP contribution in [0.25, 0.3) is 0 Å². The van der Waals surface area contributed by atoms with Gasteiger partial charge >= 0.3 is 0 Å². The number of hydrogen-bond acceptors (Lipinski definition) is 2. The average molecular weight is 279 g/mol. The van der Waals surface area contributed by atoms with Gasteiger partial charge in [0.2, 0.25) is 0 Å². The molecule has 0 aliphatic heterocycles. The zero-order valence-corrected chi connectivity index (χ0v) is 12.3. The van der Waals surface area contributed by atoms with Crippen molar-refractivity contribution < 1.29 is 4.39 Å². The van der Waals surface area contributed by atoms with Crippen molar-refractivity contribution in [1.82, 2.24) is 5.32 Å². The van der Waals surface area contributed by atoms with Crippen molar-refractivity contribution in [2.24, 2.45) is 0 Å². The SMILES string of the molecule is CSC1CCCC(NC2CCc3cc(F)ccc32)C1. The summed E-state index contributed by atoms with van der Waals surface area (Å²) in [5, 5.41) is 4.64. The van der Waals surface area contributed by atoms with E-state index in [4.69, 9.17) is 0 Å². The van der Waals surface area contributed by atoms with Gasteiger partial charge in [-0.1, -0.05) is 12.5 Å². The van der Waals surface area contributed by atoms with E-state index in [1.54, 1.807) is 12.1 Å². The summed E-state index contributed by atoms with van der Waals surface area (Å²) in [7, 11) is 0. The minimum atomic E-state index is -0.0977. The van der Waals surface area contributed by atoms with E-state index in [0.717, 1.165) is 18.1 Å². The molecule has 0 bridgehead atoms. The summed E-state index contributed by atoms with van der Waals surface area (Å²) in [5.74, 6) is -0.0977. The lowest BCUT2D eigenvalue weighted by Gasteiger charge is -2.31. The largest absolute Gasteiger partial charge is 0.307 e. The molecule has 104 valence electrons. The monoisotopic (exact) mass is 279 g/mol. The number of hydrogen-bond donors (Lipinski definition) is 1. The highest BCUT2D eigenvalue weighted by Gasteiger charge is 2.27. The highest BCUT2D eigenvalue weighted by molar-refractivity contribution is 7.99. The molecule has 0 radical (unpaired) electrons. The van der Waals surface area contributed by atoms with E-state index in [0.29, 0.717) is 12.1 Å². The molecule has 1 nitrogen and oxygen atoms in total. The number of rotatable bonds is 3. The normalized spacial score (nSPS) is 30.3. The third-order valence-electron chi connectivity index (χ3n) is 4.58. The van der Waals surface area contributed by atoms with Crippen molar-refractivity contribution in [2.75, 3.05) is 6.26 Å². The van der Waals surface area contributed by atoms with Gasteiger partial charge < -0.3 is 5.32 Å². The van der Waals surface area contributed by atoms with Crippen LogP contribution in [0.15, 0.2) is 18.2 Å². The Morgan fingerprint density at radius 1 is 1.26 bits per heavy atom. The summed E-state index contributed by atoms with van der Waals surface area (Å²) in [6.45, 7) is 0. The predicted molar refractivity (Wildman–Crippen MR) is 80.2 cm³/mol. The molecule has 1 saturated carbocycles. The van der Waals surface area contributed by atoms with Crippen LogP contribution in [0.1, 0.15) is 49.3 Å². The molecule has 3 unspecified atom stereocenters. The lowest BCUT2D eigenvalue weighted by Crippen LogP contribution is -2.36. The summed E-state index contributed by atoms with van der Waals surface area (Å²) in [4.78, 5) is 0. The van der Waals surface area contributed by atoms with Crippen LogP contribution in [0, 0.1) is 5.82 Å². The molecule has 2 aliphatic carbocycles. The van der Waals surface area contributed by atoms with Crippen molar-refractivity contribution in [2.45, 2.75) is 55.9 Å². The Kier molecular flexibility index (Phi) is 4.13. The van der Waals surface area contributed by atoms with Crippen molar-refractivity contribution >= 4 is 11.8 Å². The van der Waals surface area contributed by atoms with Crippen molar-refractivity contribution in [3.63, 3.8) is 0 Å². The van der Waals surface area contributed by atoms with Crippen molar-refractivity contribution in [1.29, 1.82) is 0 Å². The van der Waals surface area contributed by atoms with E-state index in [1.807, 2.05) is 17.8 Å². The highest BCUT2D eigenvalue weighted by atomic mass is 32.2. The molecule has 1 N–H and O–H groups in total. The van der Waals surface area contributed by atoms with Crippen molar-refractivity contribution in [3.8, 4) is 0 Å². The van der Waals surface area contributed by atoms with Gasteiger partial charge in [-0.2, -0.15) is 11.8 Å². The maximum absolute atomic E-state index is 13.2. The minimum Gasteiger partial charge on any atom is -0.307 e. The summed E-state index contributed by atoms with van der Waals surface area (Å²) in [6.07, 6.45) is 9.65. The predicted octanol–water partition coefficient (Wildman–Crippen LogP) is 4.08. The first kappa shape index (κ1) is 13.4.